The van der Waals surface area contributed by atoms with Crippen molar-refractivity contribution in [2.45, 2.75) is 10.1 Å². The maximum Gasteiger partial charge on any atom is 0.320 e. The van der Waals surface area contributed by atoms with Crippen molar-refractivity contribution in [3.63, 3.8) is 0 Å². The average Bonchev–Trinajstić information content (AvgIpc) is 2.47. The molecule has 0 aliphatic carbocycles. The van der Waals surface area contributed by atoms with Crippen LogP contribution in [-0.2, 0) is 19.6 Å². The van der Waals surface area contributed by atoms with Crippen molar-refractivity contribution >= 4 is 27.8 Å². The van der Waals surface area contributed by atoms with Crippen LogP contribution in [0.2, 0.25) is 0 Å². The lowest BCUT2D eigenvalue weighted by atomic mass is 10.4. The van der Waals surface area contributed by atoms with Gasteiger partial charge in [0.05, 0.1) is 12.0 Å². The van der Waals surface area contributed by atoms with E-state index in [2.05, 4.69) is 4.74 Å². The zero-order valence-electron chi connectivity index (χ0n) is 10.8. The topological polar surface area (TPSA) is 63.7 Å². The maximum atomic E-state index is 12.9. The molecule has 110 valence electrons. The van der Waals surface area contributed by atoms with Gasteiger partial charge in [-0.3, -0.25) is 4.79 Å². The second kappa shape index (κ2) is 6.11. The zero-order chi connectivity index (χ0) is 14.8. The van der Waals surface area contributed by atoms with Crippen LogP contribution in [0.1, 0.15) is 0 Å². The fraction of sp³-hybridized carbons (Fsp3) is 0.417. The minimum atomic E-state index is -3.71. The van der Waals surface area contributed by atoms with Crippen molar-refractivity contribution in [3.8, 4) is 0 Å². The Hall–Kier alpha value is -1.12. The molecule has 5 nitrogen and oxygen atoms in total. The first kappa shape index (κ1) is 15.3. The molecule has 0 unspecified atom stereocenters. The third-order valence-corrected chi connectivity index (χ3v) is 5.99. The predicted octanol–water partition coefficient (Wildman–Crippen LogP) is 1.10. The fourth-order valence-electron chi connectivity index (χ4n) is 1.87. The molecule has 0 spiro atoms. The van der Waals surface area contributed by atoms with Crippen LogP contribution in [-0.4, -0.2) is 49.9 Å². The van der Waals surface area contributed by atoms with Crippen LogP contribution in [0.3, 0.4) is 0 Å². The number of nitrogens with zero attached hydrogens (tertiary/aromatic N) is 1. The van der Waals surface area contributed by atoms with Crippen molar-refractivity contribution < 1.29 is 22.3 Å². The lowest BCUT2D eigenvalue weighted by Gasteiger charge is -2.30. The van der Waals surface area contributed by atoms with E-state index in [9.17, 15) is 17.6 Å². The summed E-state index contributed by atoms with van der Waals surface area (Å²) >= 11 is 1.37. The summed E-state index contributed by atoms with van der Waals surface area (Å²) in [5.41, 5.74) is 0. The molecule has 1 aromatic rings. The summed E-state index contributed by atoms with van der Waals surface area (Å²) in [4.78, 5) is 11.5. The maximum absolute atomic E-state index is 12.9. The van der Waals surface area contributed by atoms with Gasteiger partial charge in [-0.05, 0) is 24.3 Å². The highest BCUT2D eigenvalue weighted by atomic mass is 32.2. The van der Waals surface area contributed by atoms with E-state index in [4.69, 9.17) is 0 Å². The highest BCUT2D eigenvalue weighted by Gasteiger charge is 2.34. The molecule has 0 amide bonds. The molecule has 0 radical (unpaired) electrons. The first-order chi connectivity index (χ1) is 9.45. The second-order valence-corrected chi connectivity index (χ2v) is 7.45. The van der Waals surface area contributed by atoms with E-state index in [1.807, 2.05) is 0 Å². The third-order valence-electron chi connectivity index (χ3n) is 2.94. The number of benzene rings is 1. The SMILES string of the molecule is COC(=O)[C@H]1CN(S(=O)(=O)c2ccc(F)cc2)CCS1. The second-order valence-electron chi connectivity index (χ2n) is 4.20. The van der Waals surface area contributed by atoms with Gasteiger partial charge in [0.2, 0.25) is 10.0 Å². The molecule has 8 heteroatoms. The number of sulfonamides is 1. The molecule has 1 saturated heterocycles. The van der Waals surface area contributed by atoms with Gasteiger partial charge in [-0.2, -0.15) is 4.31 Å². The Kier molecular flexibility index (Phi) is 4.66. The number of ether oxygens (including phenoxy) is 1. The van der Waals surface area contributed by atoms with Gasteiger partial charge in [-0.15, -0.1) is 11.8 Å². The van der Waals surface area contributed by atoms with E-state index < -0.39 is 27.1 Å². The summed E-state index contributed by atoms with van der Waals surface area (Å²) in [5.74, 6) is -0.417. The fourth-order valence-corrected chi connectivity index (χ4v) is 4.67. The molecule has 1 atom stereocenters. The number of carbonyl (C=O) groups is 1. The van der Waals surface area contributed by atoms with Crippen molar-refractivity contribution in [2.75, 3.05) is 26.0 Å². The molecular weight excluding hydrogens is 305 g/mol. The molecule has 0 N–H and O–H groups in total. The van der Waals surface area contributed by atoms with E-state index in [1.165, 1.54) is 35.3 Å². The Morgan fingerprint density at radius 1 is 1.40 bits per heavy atom. The van der Waals surface area contributed by atoms with Crippen LogP contribution in [0.4, 0.5) is 4.39 Å². The lowest BCUT2D eigenvalue weighted by molar-refractivity contribution is -0.140. The molecule has 20 heavy (non-hydrogen) atoms. The van der Waals surface area contributed by atoms with Gasteiger partial charge in [-0.25, -0.2) is 12.8 Å². The van der Waals surface area contributed by atoms with Gasteiger partial charge in [0.1, 0.15) is 11.1 Å². The highest BCUT2D eigenvalue weighted by molar-refractivity contribution is 8.00. The number of methoxy groups -OCH3 is 1. The average molecular weight is 319 g/mol. The van der Waals surface area contributed by atoms with E-state index in [1.54, 1.807) is 0 Å². The minimum absolute atomic E-state index is 0.0226. The Labute approximate surface area is 121 Å². The smallest absolute Gasteiger partial charge is 0.320 e. The molecule has 0 saturated carbocycles. The molecule has 2 rings (SSSR count). The number of halogens is 1. The van der Waals surface area contributed by atoms with Crippen molar-refractivity contribution in [2.24, 2.45) is 0 Å². The summed E-state index contributed by atoms with van der Waals surface area (Å²) in [6.45, 7) is 0.384. The molecule has 1 heterocycles. The molecule has 1 aliphatic rings. The molecule has 1 fully saturated rings. The molecule has 1 aliphatic heterocycles. The van der Waals surface area contributed by atoms with Crippen LogP contribution in [0.15, 0.2) is 29.2 Å². The van der Waals surface area contributed by atoms with Crippen LogP contribution in [0.5, 0.6) is 0 Å². The van der Waals surface area contributed by atoms with E-state index in [0.29, 0.717) is 12.3 Å². The molecular formula is C12H14FNO4S2. The van der Waals surface area contributed by atoms with E-state index in [0.717, 1.165) is 12.1 Å². The van der Waals surface area contributed by atoms with Gasteiger partial charge < -0.3 is 4.74 Å². The van der Waals surface area contributed by atoms with Crippen molar-refractivity contribution in [1.82, 2.24) is 4.31 Å². The summed E-state index contributed by atoms with van der Waals surface area (Å²) in [5, 5.41) is -0.524. The molecule has 0 aromatic heterocycles. The first-order valence-corrected chi connectivity index (χ1v) is 8.39. The first-order valence-electron chi connectivity index (χ1n) is 5.90. The predicted molar refractivity (Wildman–Crippen MR) is 73.4 cm³/mol. The Morgan fingerprint density at radius 2 is 2.05 bits per heavy atom. The minimum Gasteiger partial charge on any atom is -0.468 e. The standard InChI is InChI=1S/C12H14FNO4S2/c1-18-12(15)11-8-14(6-7-19-11)20(16,17)10-4-2-9(13)3-5-10/h2-5,11H,6-8H2,1H3/t11-/m1/s1. The van der Waals surface area contributed by atoms with Gasteiger partial charge in [0.15, 0.2) is 0 Å². The van der Waals surface area contributed by atoms with Crippen LogP contribution >= 0.6 is 11.8 Å². The van der Waals surface area contributed by atoms with E-state index in [-0.39, 0.29) is 11.4 Å². The summed E-state index contributed by atoms with van der Waals surface area (Å²) in [6.07, 6.45) is 0. The Bertz CT molecular complexity index is 588. The highest BCUT2D eigenvalue weighted by Crippen LogP contribution is 2.25. The van der Waals surface area contributed by atoms with Crippen LogP contribution in [0.25, 0.3) is 0 Å². The Morgan fingerprint density at radius 3 is 2.65 bits per heavy atom. The van der Waals surface area contributed by atoms with E-state index >= 15 is 0 Å². The van der Waals surface area contributed by atoms with Crippen molar-refractivity contribution in [3.05, 3.63) is 30.1 Å². The number of hydrogen-bond acceptors (Lipinski definition) is 5. The van der Waals surface area contributed by atoms with Gasteiger partial charge in [-0.1, -0.05) is 0 Å². The summed E-state index contributed by atoms with van der Waals surface area (Å²) < 4.78 is 43.5. The quantitative estimate of drug-likeness (QED) is 0.781. The zero-order valence-corrected chi connectivity index (χ0v) is 12.4. The normalized spacial score (nSPS) is 20.6. The number of hydrogen-bond donors (Lipinski definition) is 0. The lowest BCUT2D eigenvalue weighted by Crippen LogP contribution is -2.44. The molecule has 1 aromatic carbocycles. The van der Waals surface area contributed by atoms with Crippen molar-refractivity contribution in [1.29, 1.82) is 0 Å². The number of thioether (sulfide) groups is 1. The third kappa shape index (κ3) is 3.13. The largest absolute Gasteiger partial charge is 0.468 e. The number of carbonyl (C=O) groups excluding carboxylic acids is 1. The van der Waals surface area contributed by atoms with Gasteiger partial charge in [0, 0.05) is 18.8 Å². The summed E-state index contributed by atoms with van der Waals surface area (Å²) in [7, 11) is -2.43. The Balaban J connectivity index is 2.21. The monoisotopic (exact) mass is 319 g/mol. The number of rotatable bonds is 3. The number of esters is 1. The van der Waals surface area contributed by atoms with Gasteiger partial charge in [0.25, 0.3) is 0 Å². The molecule has 0 bridgehead atoms. The summed E-state index contributed by atoms with van der Waals surface area (Å²) in [6, 6.07) is 4.64. The van der Waals surface area contributed by atoms with Gasteiger partial charge >= 0.3 is 5.97 Å². The van der Waals surface area contributed by atoms with Crippen LogP contribution < -0.4 is 0 Å². The van der Waals surface area contributed by atoms with Crippen LogP contribution in [0, 0.1) is 5.82 Å².